The summed E-state index contributed by atoms with van der Waals surface area (Å²) in [7, 11) is 0. The molecule has 140 valence electrons. The smallest absolute Gasteiger partial charge is 0.269 e. The average molecular weight is 398 g/mol. The largest absolute Gasteiger partial charge is 0.294 e. The van der Waals surface area contributed by atoms with E-state index in [0.29, 0.717) is 15.7 Å². The lowest BCUT2D eigenvalue weighted by Crippen LogP contribution is -2.32. The number of ketones is 1. The van der Waals surface area contributed by atoms with Crippen LogP contribution < -0.4 is 14.8 Å². The number of aryl methyl sites for hydroxylation is 1. The predicted molar refractivity (Wildman–Crippen MR) is 115 cm³/mol. The molecule has 2 heterocycles. The fraction of sp³-hybridized carbons (Fsp3) is 0.273. The van der Waals surface area contributed by atoms with Crippen molar-refractivity contribution in [1.82, 2.24) is 4.57 Å². The van der Waals surface area contributed by atoms with Gasteiger partial charge in [0.05, 0.1) is 11.1 Å². The van der Waals surface area contributed by atoms with Gasteiger partial charge in [-0.15, -0.1) is 22.7 Å². The molecule has 3 nitrogen and oxygen atoms in total. The van der Waals surface area contributed by atoms with Gasteiger partial charge in [0.2, 0.25) is 0 Å². The molecule has 5 heteroatoms. The molecule has 0 saturated heterocycles. The van der Waals surface area contributed by atoms with E-state index in [0.717, 1.165) is 10.4 Å². The van der Waals surface area contributed by atoms with Crippen LogP contribution in [-0.4, -0.2) is 10.4 Å². The molecule has 0 aliphatic carbocycles. The highest BCUT2D eigenvalue weighted by Gasteiger charge is 2.19. The molecule has 3 aromatic rings. The van der Waals surface area contributed by atoms with Crippen molar-refractivity contribution in [2.24, 2.45) is 5.41 Å². The highest BCUT2D eigenvalue weighted by Crippen LogP contribution is 2.15. The van der Waals surface area contributed by atoms with Gasteiger partial charge in [-0.05, 0) is 30.0 Å². The van der Waals surface area contributed by atoms with Crippen molar-refractivity contribution in [1.29, 1.82) is 0 Å². The van der Waals surface area contributed by atoms with Gasteiger partial charge in [0.1, 0.15) is 4.66 Å². The molecule has 0 N–H and O–H groups in total. The van der Waals surface area contributed by atoms with Crippen LogP contribution in [0.4, 0.5) is 0 Å². The number of benzene rings is 1. The standard InChI is InChI=1S/C22H23NO2S2/c1-15-7-9-16(10-8-15)14-23-20(13-19(24)22(2,3)4)27-18(21(23)25)12-17-6-5-11-26-17/h5-13H,14H2,1-4H3. The summed E-state index contributed by atoms with van der Waals surface area (Å²) in [5.41, 5.74) is 1.69. The molecule has 0 aliphatic heterocycles. The Morgan fingerprint density at radius 1 is 1.15 bits per heavy atom. The van der Waals surface area contributed by atoms with E-state index in [2.05, 4.69) is 0 Å². The fourth-order valence-corrected chi connectivity index (χ4v) is 4.26. The van der Waals surface area contributed by atoms with Crippen LogP contribution in [0.1, 0.15) is 36.8 Å². The molecule has 3 rings (SSSR count). The number of aromatic nitrogens is 1. The van der Waals surface area contributed by atoms with E-state index < -0.39 is 5.41 Å². The number of Topliss-reactive ketones (excluding diaryl/α,β-unsaturated/α-hetero) is 1. The zero-order valence-corrected chi connectivity index (χ0v) is 17.6. The fourth-order valence-electron chi connectivity index (χ4n) is 2.50. The Morgan fingerprint density at radius 3 is 2.44 bits per heavy atom. The summed E-state index contributed by atoms with van der Waals surface area (Å²) < 4.78 is 3.05. The molecule has 0 saturated carbocycles. The maximum Gasteiger partial charge on any atom is 0.269 e. The summed E-state index contributed by atoms with van der Waals surface area (Å²) in [6, 6.07) is 12.1. The quantitative estimate of drug-likeness (QED) is 0.675. The number of carbonyl (C=O) groups is 1. The molecule has 0 bridgehead atoms. The third-order valence-corrected chi connectivity index (χ3v) is 6.09. The van der Waals surface area contributed by atoms with Gasteiger partial charge in [-0.1, -0.05) is 56.7 Å². The second-order valence-electron chi connectivity index (χ2n) is 7.60. The zero-order chi connectivity index (χ0) is 19.6. The Balaban J connectivity index is 2.15. The van der Waals surface area contributed by atoms with Crippen LogP contribution in [0, 0.1) is 12.3 Å². The Bertz CT molecular complexity index is 1110. The van der Waals surface area contributed by atoms with Gasteiger partial charge in [0, 0.05) is 16.4 Å². The van der Waals surface area contributed by atoms with Gasteiger partial charge >= 0.3 is 0 Å². The lowest BCUT2D eigenvalue weighted by Gasteiger charge is -2.13. The summed E-state index contributed by atoms with van der Waals surface area (Å²) in [5.74, 6) is 0.0177. The Morgan fingerprint density at radius 2 is 1.85 bits per heavy atom. The monoisotopic (exact) mass is 397 g/mol. The third kappa shape index (κ3) is 4.73. The van der Waals surface area contributed by atoms with E-state index in [1.807, 2.05) is 75.5 Å². The first-order valence-electron chi connectivity index (χ1n) is 8.80. The molecule has 0 atom stereocenters. The van der Waals surface area contributed by atoms with E-state index in [1.54, 1.807) is 22.0 Å². The summed E-state index contributed by atoms with van der Waals surface area (Å²) in [6.07, 6.45) is 3.52. The van der Waals surface area contributed by atoms with E-state index in [1.165, 1.54) is 16.9 Å². The van der Waals surface area contributed by atoms with Crippen molar-refractivity contribution in [3.05, 3.63) is 77.3 Å². The summed E-state index contributed by atoms with van der Waals surface area (Å²) >= 11 is 2.97. The Labute approximate surface area is 166 Å². The molecule has 0 amide bonds. The normalized spacial score (nSPS) is 13.3. The number of thiazole rings is 1. The van der Waals surface area contributed by atoms with Crippen molar-refractivity contribution in [3.8, 4) is 0 Å². The summed E-state index contributed by atoms with van der Waals surface area (Å²) in [4.78, 5) is 26.6. The van der Waals surface area contributed by atoms with Crippen LogP contribution >= 0.6 is 22.7 Å². The molecular weight excluding hydrogens is 374 g/mol. The average Bonchev–Trinajstić information content (AvgIpc) is 3.20. The molecular formula is C22H23NO2S2. The minimum Gasteiger partial charge on any atom is -0.294 e. The van der Waals surface area contributed by atoms with Crippen LogP contribution in [0.25, 0.3) is 12.2 Å². The second-order valence-corrected chi connectivity index (χ2v) is 9.64. The zero-order valence-electron chi connectivity index (χ0n) is 16.0. The molecule has 1 aromatic carbocycles. The first kappa shape index (κ1) is 19.5. The molecule has 0 radical (unpaired) electrons. The second kappa shape index (κ2) is 7.79. The first-order chi connectivity index (χ1) is 12.7. The van der Waals surface area contributed by atoms with Crippen LogP contribution in [0.2, 0.25) is 0 Å². The van der Waals surface area contributed by atoms with Crippen molar-refractivity contribution < 1.29 is 4.79 Å². The molecule has 0 spiro atoms. The van der Waals surface area contributed by atoms with Gasteiger partial charge in [-0.3, -0.25) is 14.2 Å². The number of thiophene rings is 1. The van der Waals surface area contributed by atoms with Crippen LogP contribution in [-0.2, 0) is 11.3 Å². The Hall–Kier alpha value is -2.24. The SMILES string of the molecule is Cc1ccc(Cn2c(=CC(=O)C(C)(C)C)sc(=Cc3cccs3)c2=O)cc1. The molecule has 27 heavy (non-hydrogen) atoms. The number of hydrogen-bond acceptors (Lipinski definition) is 4. The van der Waals surface area contributed by atoms with E-state index in [9.17, 15) is 9.59 Å². The van der Waals surface area contributed by atoms with Crippen LogP contribution in [0.3, 0.4) is 0 Å². The lowest BCUT2D eigenvalue weighted by atomic mass is 9.91. The van der Waals surface area contributed by atoms with Gasteiger partial charge in [-0.2, -0.15) is 0 Å². The minimum absolute atomic E-state index is 0.0177. The van der Waals surface area contributed by atoms with Crippen molar-refractivity contribution in [3.63, 3.8) is 0 Å². The molecule has 0 unspecified atom stereocenters. The highest BCUT2D eigenvalue weighted by molar-refractivity contribution is 7.11. The van der Waals surface area contributed by atoms with E-state index >= 15 is 0 Å². The first-order valence-corrected chi connectivity index (χ1v) is 10.5. The maximum atomic E-state index is 13.0. The minimum atomic E-state index is -0.480. The van der Waals surface area contributed by atoms with Gasteiger partial charge in [-0.25, -0.2) is 0 Å². The number of nitrogens with zero attached hydrogens (tertiary/aromatic N) is 1. The predicted octanol–water partition coefficient (Wildman–Crippen LogP) is 3.55. The van der Waals surface area contributed by atoms with E-state index in [4.69, 9.17) is 0 Å². The van der Waals surface area contributed by atoms with Crippen molar-refractivity contribution in [2.75, 3.05) is 0 Å². The number of rotatable bonds is 4. The number of carbonyl (C=O) groups excluding carboxylic acids is 1. The summed E-state index contributed by atoms with van der Waals surface area (Å²) in [6.45, 7) is 8.16. The third-order valence-electron chi connectivity index (χ3n) is 4.21. The highest BCUT2D eigenvalue weighted by atomic mass is 32.1. The van der Waals surface area contributed by atoms with Gasteiger partial charge in [0.25, 0.3) is 5.56 Å². The van der Waals surface area contributed by atoms with Crippen LogP contribution in [0.5, 0.6) is 0 Å². The maximum absolute atomic E-state index is 13.0. The van der Waals surface area contributed by atoms with Gasteiger partial charge in [0.15, 0.2) is 5.78 Å². The molecule has 2 aromatic heterocycles. The summed E-state index contributed by atoms with van der Waals surface area (Å²) in [5, 5.41) is 1.99. The number of hydrogen-bond donors (Lipinski definition) is 0. The molecule has 0 aliphatic rings. The van der Waals surface area contributed by atoms with Crippen molar-refractivity contribution >= 4 is 40.6 Å². The van der Waals surface area contributed by atoms with Crippen molar-refractivity contribution in [2.45, 2.75) is 34.2 Å². The van der Waals surface area contributed by atoms with Gasteiger partial charge < -0.3 is 0 Å². The Kier molecular flexibility index (Phi) is 5.63. The topological polar surface area (TPSA) is 39.1 Å². The van der Waals surface area contributed by atoms with Crippen LogP contribution in [0.15, 0.2) is 46.6 Å². The molecule has 0 fully saturated rings. The lowest BCUT2D eigenvalue weighted by molar-refractivity contribution is -0.120. The van der Waals surface area contributed by atoms with E-state index in [-0.39, 0.29) is 11.3 Å².